The summed E-state index contributed by atoms with van der Waals surface area (Å²) in [7, 11) is 0. The van der Waals surface area contributed by atoms with Gasteiger partial charge in [-0.15, -0.1) is 0 Å². The molecule has 1 rings (SSSR count). The van der Waals surface area contributed by atoms with E-state index in [1.54, 1.807) is 24.3 Å². The summed E-state index contributed by atoms with van der Waals surface area (Å²) >= 11 is 0. The van der Waals surface area contributed by atoms with Gasteiger partial charge < -0.3 is 11.3 Å². The van der Waals surface area contributed by atoms with Crippen molar-refractivity contribution in [1.29, 1.82) is 0 Å². The van der Waals surface area contributed by atoms with E-state index in [-0.39, 0.29) is 35.7 Å². The minimum absolute atomic E-state index is 0. The predicted molar refractivity (Wildman–Crippen MR) is 38.9 cm³/mol. The molecule has 0 unspecified atom stereocenters. The van der Waals surface area contributed by atoms with E-state index in [1.165, 1.54) is 0 Å². The number of phenolic OH excluding ortho intramolecular Hbond substituents is 1. The van der Waals surface area contributed by atoms with Crippen molar-refractivity contribution in [1.82, 2.24) is 6.15 Å². The fraction of sp³-hybridized carbons (Fsp3) is 0. The van der Waals surface area contributed by atoms with E-state index in [1.807, 2.05) is 6.07 Å². The number of rotatable bonds is 0. The van der Waals surface area contributed by atoms with Crippen molar-refractivity contribution >= 4 is 29.6 Å². The van der Waals surface area contributed by atoms with Gasteiger partial charge in [0.1, 0.15) is 5.75 Å². The number of benzene rings is 1. The van der Waals surface area contributed by atoms with Crippen molar-refractivity contribution in [3.63, 3.8) is 0 Å². The smallest absolute Gasteiger partial charge is 0.115 e. The van der Waals surface area contributed by atoms with Crippen LogP contribution in [-0.2, 0) is 0 Å². The molecule has 0 atom stereocenters. The van der Waals surface area contributed by atoms with E-state index in [9.17, 15) is 0 Å². The summed E-state index contributed by atoms with van der Waals surface area (Å²) in [5.74, 6) is 0.322. The van der Waals surface area contributed by atoms with Gasteiger partial charge in [-0.25, -0.2) is 0 Å². The molecular formula is C6H9NNaO. The third kappa shape index (κ3) is 4.48. The molecule has 1 aromatic rings. The Morgan fingerprint density at radius 3 is 1.67 bits per heavy atom. The minimum atomic E-state index is 0. The van der Waals surface area contributed by atoms with E-state index < -0.39 is 0 Å². The van der Waals surface area contributed by atoms with Gasteiger partial charge in [0.15, 0.2) is 0 Å². The summed E-state index contributed by atoms with van der Waals surface area (Å²) in [5, 5.41) is 8.63. The zero-order valence-electron chi connectivity index (χ0n) is 5.54. The van der Waals surface area contributed by atoms with Crippen LogP contribution in [-0.4, -0.2) is 34.7 Å². The maximum Gasteiger partial charge on any atom is 0.115 e. The van der Waals surface area contributed by atoms with Crippen LogP contribution in [0.15, 0.2) is 30.3 Å². The van der Waals surface area contributed by atoms with Crippen LogP contribution in [0.4, 0.5) is 0 Å². The average molecular weight is 134 g/mol. The summed E-state index contributed by atoms with van der Waals surface area (Å²) in [6.45, 7) is 0. The standard InChI is InChI=1S/C6H6O.H3N.Na/c7-6-4-2-1-3-5-6;;/h1-5,7H;1H3;. The molecular weight excluding hydrogens is 125 g/mol. The molecule has 0 fully saturated rings. The Kier molecular flexibility index (Phi) is 7.96. The van der Waals surface area contributed by atoms with Gasteiger partial charge in [0.05, 0.1) is 0 Å². The Bertz CT molecular complexity index is 143. The summed E-state index contributed by atoms with van der Waals surface area (Å²) in [4.78, 5) is 0. The Morgan fingerprint density at radius 2 is 1.44 bits per heavy atom. The average Bonchev–Trinajstić information content (AvgIpc) is 1.69. The molecule has 0 aliphatic rings. The third-order valence-electron chi connectivity index (χ3n) is 0.756. The molecule has 0 aliphatic carbocycles. The number of hydrogen-bond donors (Lipinski definition) is 2. The van der Waals surface area contributed by atoms with Gasteiger partial charge in [-0.1, -0.05) is 18.2 Å². The van der Waals surface area contributed by atoms with Crippen LogP contribution in [0.1, 0.15) is 0 Å². The quantitative estimate of drug-likeness (QED) is 0.523. The number of hydrogen-bond acceptors (Lipinski definition) is 2. The van der Waals surface area contributed by atoms with E-state index in [0.29, 0.717) is 5.75 Å². The molecule has 4 N–H and O–H groups in total. The molecule has 0 bridgehead atoms. The molecule has 0 aliphatic heterocycles. The topological polar surface area (TPSA) is 55.2 Å². The molecule has 0 heterocycles. The molecule has 0 saturated heterocycles. The van der Waals surface area contributed by atoms with Crippen LogP contribution in [0.5, 0.6) is 5.75 Å². The molecule has 9 heavy (non-hydrogen) atoms. The second kappa shape index (κ2) is 6.11. The molecule has 45 valence electrons. The normalized spacial score (nSPS) is 6.67. The fourth-order valence-corrected chi connectivity index (χ4v) is 0.428. The van der Waals surface area contributed by atoms with Gasteiger partial charge >= 0.3 is 0 Å². The minimum Gasteiger partial charge on any atom is -0.508 e. The van der Waals surface area contributed by atoms with Gasteiger partial charge in [-0.2, -0.15) is 0 Å². The molecule has 0 amide bonds. The Morgan fingerprint density at radius 1 is 1.00 bits per heavy atom. The number of para-hydroxylation sites is 1. The summed E-state index contributed by atoms with van der Waals surface area (Å²) < 4.78 is 0. The van der Waals surface area contributed by atoms with Crippen LogP contribution in [0.25, 0.3) is 0 Å². The monoisotopic (exact) mass is 134 g/mol. The van der Waals surface area contributed by atoms with E-state index in [0.717, 1.165) is 0 Å². The van der Waals surface area contributed by atoms with Crippen LogP contribution >= 0.6 is 0 Å². The van der Waals surface area contributed by atoms with Gasteiger partial charge in [0.25, 0.3) is 0 Å². The first-order chi connectivity index (χ1) is 3.39. The number of phenols is 1. The van der Waals surface area contributed by atoms with Gasteiger partial charge in [-0.05, 0) is 12.1 Å². The molecule has 3 heteroatoms. The Balaban J connectivity index is 0. The van der Waals surface area contributed by atoms with E-state index in [4.69, 9.17) is 5.11 Å². The van der Waals surface area contributed by atoms with Crippen LogP contribution < -0.4 is 6.15 Å². The van der Waals surface area contributed by atoms with Crippen LogP contribution in [0.3, 0.4) is 0 Å². The van der Waals surface area contributed by atoms with E-state index >= 15 is 0 Å². The number of aromatic hydroxyl groups is 1. The van der Waals surface area contributed by atoms with Crippen LogP contribution in [0.2, 0.25) is 0 Å². The molecule has 0 spiro atoms. The zero-order valence-corrected chi connectivity index (χ0v) is 7.54. The second-order valence-corrected chi connectivity index (χ2v) is 1.34. The molecule has 0 aromatic heterocycles. The predicted octanol–water partition coefficient (Wildman–Crippen LogP) is 1.17. The molecule has 0 saturated carbocycles. The maximum absolute atomic E-state index is 8.63. The van der Waals surface area contributed by atoms with Gasteiger partial charge in [0.2, 0.25) is 0 Å². The molecule has 1 aromatic carbocycles. The molecule has 1 radical (unpaired) electrons. The fourth-order valence-electron chi connectivity index (χ4n) is 0.428. The van der Waals surface area contributed by atoms with Gasteiger partial charge in [0, 0.05) is 29.6 Å². The van der Waals surface area contributed by atoms with Crippen molar-refractivity contribution in [3.05, 3.63) is 30.3 Å². The van der Waals surface area contributed by atoms with Crippen molar-refractivity contribution < 1.29 is 5.11 Å². The summed E-state index contributed by atoms with van der Waals surface area (Å²) in [5.41, 5.74) is 0. The van der Waals surface area contributed by atoms with Crippen LogP contribution in [0, 0.1) is 0 Å². The van der Waals surface area contributed by atoms with Crippen molar-refractivity contribution in [2.24, 2.45) is 0 Å². The Labute approximate surface area is 76.8 Å². The first kappa shape index (κ1) is 11.7. The largest absolute Gasteiger partial charge is 0.508 e. The third-order valence-corrected chi connectivity index (χ3v) is 0.756. The first-order valence-electron chi connectivity index (χ1n) is 2.13. The molecule has 2 nitrogen and oxygen atoms in total. The Hall–Kier alpha value is -0.0200. The van der Waals surface area contributed by atoms with Crippen molar-refractivity contribution in [2.75, 3.05) is 0 Å². The van der Waals surface area contributed by atoms with Crippen molar-refractivity contribution in [2.45, 2.75) is 0 Å². The van der Waals surface area contributed by atoms with Crippen molar-refractivity contribution in [3.8, 4) is 5.75 Å². The first-order valence-corrected chi connectivity index (χ1v) is 2.13. The SMILES string of the molecule is N.Oc1ccccc1.[Na]. The summed E-state index contributed by atoms with van der Waals surface area (Å²) in [6, 6.07) is 8.71. The van der Waals surface area contributed by atoms with Gasteiger partial charge in [-0.3, -0.25) is 0 Å². The second-order valence-electron chi connectivity index (χ2n) is 1.34. The maximum atomic E-state index is 8.63. The van der Waals surface area contributed by atoms with E-state index in [2.05, 4.69) is 0 Å². The summed E-state index contributed by atoms with van der Waals surface area (Å²) in [6.07, 6.45) is 0. The zero-order chi connectivity index (χ0) is 5.11.